The Kier molecular flexibility index (Phi) is 6.14. The third-order valence-corrected chi connectivity index (χ3v) is 5.06. The topological polar surface area (TPSA) is 88.0 Å². The molecule has 3 aromatic rings. The van der Waals surface area contributed by atoms with Gasteiger partial charge in [-0.15, -0.1) is 0 Å². The minimum Gasteiger partial charge on any atom is -0.399 e. The lowest BCUT2D eigenvalue weighted by molar-refractivity contribution is -0.122. The number of aromatic nitrogens is 1. The molecule has 28 heavy (non-hydrogen) atoms. The van der Waals surface area contributed by atoms with Crippen molar-refractivity contribution in [1.82, 2.24) is 10.3 Å². The van der Waals surface area contributed by atoms with Gasteiger partial charge < -0.3 is 16.0 Å². The quantitative estimate of drug-likeness (QED) is 0.517. The summed E-state index contributed by atoms with van der Waals surface area (Å²) in [7, 11) is 0. The Labute approximate surface area is 165 Å². The molecule has 0 radical (unpaired) electrons. The molecule has 0 spiro atoms. The molecule has 0 saturated carbocycles. The summed E-state index contributed by atoms with van der Waals surface area (Å²) in [6.07, 6.45) is 3.53. The van der Waals surface area contributed by atoms with Gasteiger partial charge in [-0.2, -0.15) is 0 Å². The SMILES string of the molecule is CC(C)C(=O)CC(CCc1ccccc1N)NC(=O)c1ccc2cc[nH]c2c1. The average Bonchev–Trinajstić information content (AvgIpc) is 3.14. The van der Waals surface area contributed by atoms with E-state index in [-0.39, 0.29) is 23.7 Å². The molecule has 0 fully saturated rings. The molecule has 1 aromatic heterocycles. The first-order valence-electron chi connectivity index (χ1n) is 9.68. The molecular formula is C23H27N3O2. The van der Waals surface area contributed by atoms with Crippen molar-refractivity contribution in [3.05, 3.63) is 65.9 Å². The van der Waals surface area contributed by atoms with E-state index in [1.807, 2.05) is 68.6 Å². The molecule has 4 N–H and O–H groups in total. The highest BCUT2D eigenvalue weighted by molar-refractivity contribution is 5.98. The lowest BCUT2D eigenvalue weighted by atomic mass is 9.96. The number of para-hydroxylation sites is 1. The molecule has 0 saturated heterocycles. The van der Waals surface area contributed by atoms with E-state index in [0.717, 1.165) is 22.2 Å². The summed E-state index contributed by atoms with van der Waals surface area (Å²) in [5.74, 6) is -0.0818. The number of fused-ring (bicyclic) bond motifs is 1. The van der Waals surface area contributed by atoms with Crippen LogP contribution in [-0.4, -0.2) is 22.7 Å². The lowest BCUT2D eigenvalue weighted by Crippen LogP contribution is -2.37. The molecule has 0 aliphatic carbocycles. The van der Waals surface area contributed by atoms with Gasteiger partial charge in [0.15, 0.2) is 0 Å². The number of nitrogens with one attached hydrogen (secondary N) is 2. The summed E-state index contributed by atoms with van der Waals surface area (Å²) in [6.45, 7) is 3.77. The molecule has 5 nitrogen and oxygen atoms in total. The smallest absolute Gasteiger partial charge is 0.251 e. The molecule has 146 valence electrons. The molecule has 1 amide bonds. The van der Waals surface area contributed by atoms with Gasteiger partial charge in [-0.1, -0.05) is 38.1 Å². The molecule has 5 heteroatoms. The molecule has 0 aliphatic rings. The zero-order chi connectivity index (χ0) is 20.1. The second kappa shape index (κ2) is 8.74. The first-order chi connectivity index (χ1) is 13.4. The number of anilines is 1. The van der Waals surface area contributed by atoms with E-state index >= 15 is 0 Å². The third-order valence-electron chi connectivity index (χ3n) is 5.06. The van der Waals surface area contributed by atoms with Gasteiger partial charge in [0.05, 0.1) is 0 Å². The van der Waals surface area contributed by atoms with Crippen LogP contribution in [0, 0.1) is 5.92 Å². The van der Waals surface area contributed by atoms with Crippen LogP contribution >= 0.6 is 0 Å². The van der Waals surface area contributed by atoms with Crippen LogP contribution in [0.3, 0.4) is 0 Å². The molecular weight excluding hydrogens is 350 g/mol. The van der Waals surface area contributed by atoms with Gasteiger partial charge >= 0.3 is 0 Å². The van der Waals surface area contributed by atoms with Crippen molar-refractivity contribution in [3.8, 4) is 0 Å². The number of carbonyl (C=O) groups is 2. The van der Waals surface area contributed by atoms with Gasteiger partial charge in [0.25, 0.3) is 5.91 Å². The van der Waals surface area contributed by atoms with Gasteiger partial charge in [-0.05, 0) is 48.1 Å². The first kappa shape index (κ1) is 19.7. The number of Topliss-reactive ketones (excluding diaryl/α,β-unsaturated/α-hetero) is 1. The number of hydrogen-bond acceptors (Lipinski definition) is 3. The number of rotatable bonds is 8. The van der Waals surface area contributed by atoms with Crippen molar-refractivity contribution in [3.63, 3.8) is 0 Å². The van der Waals surface area contributed by atoms with Gasteiger partial charge in [-0.25, -0.2) is 0 Å². The highest BCUT2D eigenvalue weighted by Gasteiger charge is 2.20. The van der Waals surface area contributed by atoms with E-state index in [0.29, 0.717) is 24.8 Å². The van der Waals surface area contributed by atoms with Gasteiger partial charge in [0.1, 0.15) is 5.78 Å². The summed E-state index contributed by atoms with van der Waals surface area (Å²) >= 11 is 0. The van der Waals surface area contributed by atoms with E-state index in [2.05, 4.69) is 10.3 Å². The number of ketones is 1. The van der Waals surface area contributed by atoms with Crippen molar-refractivity contribution >= 4 is 28.3 Å². The van der Waals surface area contributed by atoms with Crippen LogP contribution < -0.4 is 11.1 Å². The highest BCUT2D eigenvalue weighted by atomic mass is 16.2. The van der Waals surface area contributed by atoms with Crippen LogP contribution in [0.5, 0.6) is 0 Å². The molecule has 0 aliphatic heterocycles. The van der Waals surface area contributed by atoms with Crippen molar-refractivity contribution in [1.29, 1.82) is 0 Å². The number of nitrogens with two attached hydrogens (primary N) is 1. The van der Waals surface area contributed by atoms with Gasteiger partial charge in [0, 0.05) is 41.3 Å². The maximum absolute atomic E-state index is 12.8. The van der Waals surface area contributed by atoms with E-state index in [9.17, 15) is 9.59 Å². The number of benzene rings is 2. The van der Waals surface area contributed by atoms with Crippen LogP contribution in [0.2, 0.25) is 0 Å². The van der Waals surface area contributed by atoms with Crippen molar-refractivity contribution in [2.75, 3.05) is 5.73 Å². The number of carbonyl (C=O) groups excluding carboxylic acids is 2. The van der Waals surface area contributed by atoms with Gasteiger partial charge in [0.2, 0.25) is 0 Å². The minimum absolute atomic E-state index is 0.0588. The average molecular weight is 377 g/mol. The van der Waals surface area contributed by atoms with Crippen LogP contribution in [0.1, 0.15) is 42.6 Å². The maximum atomic E-state index is 12.8. The fraction of sp³-hybridized carbons (Fsp3) is 0.304. The standard InChI is InChI=1S/C23H27N3O2/c1-15(2)22(27)14-19(10-9-16-5-3-4-6-20(16)24)26-23(28)18-8-7-17-11-12-25-21(17)13-18/h3-8,11-13,15,19,25H,9-10,14,24H2,1-2H3,(H,26,28). The van der Waals surface area contributed by atoms with E-state index in [1.54, 1.807) is 0 Å². The first-order valence-corrected chi connectivity index (χ1v) is 9.68. The Morgan fingerprint density at radius 2 is 1.89 bits per heavy atom. The lowest BCUT2D eigenvalue weighted by Gasteiger charge is -2.20. The Balaban J connectivity index is 1.72. The second-order valence-corrected chi connectivity index (χ2v) is 7.51. The number of hydrogen-bond donors (Lipinski definition) is 3. The summed E-state index contributed by atoms with van der Waals surface area (Å²) in [4.78, 5) is 28.2. The van der Waals surface area contributed by atoms with Crippen molar-refractivity contribution in [2.24, 2.45) is 5.92 Å². The molecule has 3 rings (SSSR count). The summed E-state index contributed by atoms with van der Waals surface area (Å²) in [6, 6.07) is 15.0. The summed E-state index contributed by atoms with van der Waals surface area (Å²) in [5.41, 5.74) is 9.30. The fourth-order valence-corrected chi connectivity index (χ4v) is 3.25. The largest absolute Gasteiger partial charge is 0.399 e. The van der Waals surface area contributed by atoms with Crippen LogP contribution in [0.25, 0.3) is 10.9 Å². The number of amides is 1. The Morgan fingerprint density at radius 1 is 1.11 bits per heavy atom. The zero-order valence-corrected chi connectivity index (χ0v) is 16.4. The monoisotopic (exact) mass is 377 g/mol. The Morgan fingerprint density at radius 3 is 2.64 bits per heavy atom. The molecule has 1 heterocycles. The number of aromatic amines is 1. The predicted molar refractivity (Wildman–Crippen MR) is 113 cm³/mol. The van der Waals surface area contributed by atoms with Crippen LogP contribution in [-0.2, 0) is 11.2 Å². The second-order valence-electron chi connectivity index (χ2n) is 7.51. The van der Waals surface area contributed by atoms with E-state index in [4.69, 9.17) is 5.73 Å². The maximum Gasteiger partial charge on any atom is 0.251 e. The normalized spacial score (nSPS) is 12.2. The number of H-pyrrole nitrogens is 1. The molecule has 1 atom stereocenters. The summed E-state index contributed by atoms with van der Waals surface area (Å²) in [5, 5.41) is 4.11. The van der Waals surface area contributed by atoms with E-state index in [1.165, 1.54) is 0 Å². The number of aryl methyl sites for hydroxylation is 1. The third kappa shape index (κ3) is 4.80. The van der Waals surface area contributed by atoms with Crippen molar-refractivity contribution in [2.45, 2.75) is 39.2 Å². The Bertz CT molecular complexity index is 975. The van der Waals surface area contributed by atoms with Gasteiger partial charge in [-0.3, -0.25) is 9.59 Å². The molecule has 0 bridgehead atoms. The predicted octanol–water partition coefficient (Wildman–Crippen LogP) is 4.10. The number of nitrogen functional groups attached to an aromatic ring is 1. The van der Waals surface area contributed by atoms with E-state index < -0.39 is 0 Å². The minimum atomic E-state index is -0.235. The van der Waals surface area contributed by atoms with Crippen LogP contribution in [0.15, 0.2) is 54.7 Å². The molecule has 1 unspecified atom stereocenters. The van der Waals surface area contributed by atoms with Crippen LogP contribution in [0.4, 0.5) is 5.69 Å². The molecule has 2 aromatic carbocycles. The van der Waals surface area contributed by atoms with Crippen molar-refractivity contribution < 1.29 is 9.59 Å². The summed E-state index contributed by atoms with van der Waals surface area (Å²) < 4.78 is 0. The fourth-order valence-electron chi connectivity index (χ4n) is 3.25. The Hall–Kier alpha value is -3.08. The zero-order valence-electron chi connectivity index (χ0n) is 16.4. The highest BCUT2D eigenvalue weighted by Crippen LogP contribution is 2.17.